The maximum atomic E-state index is 10.9. The summed E-state index contributed by atoms with van der Waals surface area (Å²) in [5.41, 5.74) is 1.49. The van der Waals surface area contributed by atoms with Crippen molar-refractivity contribution in [3.8, 4) is 17.0 Å². The second-order valence-electron chi connectivity index (χ2n) is 3.68. The molecule has 1 aromatic carbocycles. The molecule has 0 aliphatic heterocycles. The molecular formula is C13H14N2O2. The molecule has 2 rings (SSSR count). The van der Waals surface area contributed by atoms with Crippen LogP contribution in [0.1, 0.15) is 13.3 Å². The Labute approximate surface area is 99.3 Å². The molecule has 0 unspecified atom stereocenters. The van der Waals surface area contributed by atoms with E-state index in [9.17, 15) is 4.79 Å². The predicted molar refractivity (Wildman–Crippen MR) is 66.1 cm³/mol. The van der Waals surface area contributed by atoms with Crippen LogP contribution in [0.15, 0.2) is 41.2 Å². The van der Waals surface area contributed by atoms with E-state index < -0.39 is 0 Å². The zero-order valence-electron chi connectivity index (χ0n) is 9.64. The van der Waals surface area contributed by atoms with Crippen LogP contribution in [0.3, 0.4) is 0 Å². The molecule has 4 nitrogen and oxygen atoms in total. The monoisotopic (exact) mass is 230 g/mol. The molecule has 4 heteroatoms. The lowest BCUT2D eigenvalue weighted by Gasteiger charge is -2.05. The number of hydrogen-bond acceptors (Lipinski definition) is 3. The van der Waals surface area contributed by atoms with Crippen molar-refractivity contribution >= 4 is 0 Å². The molecule has 0 aliphatic carbocycles. The normalized spacial score (nSPS) is 10.2. The van der Waals surface area contributed by atoms with E-state index in [-0.39, 0.29) is 5.56 Å². The minimum absolute atomic E-state index is 0.198. The van der Waals surface area contributed by atoms with Gasteiger partial charge in [-0.2, -0.15) is 5.10 Å². The highest BCUT2D eigenvalue weighted by molar-refractivity contribution is 5.59. The molecule has 0 amide bonds. The Kier molecular flexibility index (Phi) is 3.55. The summed E-state index contributed by atoms with van der Waals surface area (Å²) in [5, 5.41) is 6.37. The maximum absolute atomic E-state index is 10.9. The van der Waals surface area contributed by atoms with E-state index >= 15 is 0 Å². The van der Waals surface area contributed by atoms with Crippen molar-refractivity contribution in [2.75, 3.05) is 6.61 Å². The summed E-state index contributed by atoms with van der Waals surface area (Å²) in [7, 11) is 0. The molecule has 0 spiro atoms. The number of H-pyrrole nitrogens is 1. The van der Waals surface area contributed by atoms with Gasteiger partial charge in [0.15, 0.2) is 0 Å². The number of nitrogens with zero attached hydrogens (tertiary/aromatic N) is 1. The number of ether oxygens (including phenoxy) is 1. The summed E-state index contributed by atoms with van der Waals surface area (Å²) in [6, 6.07) is 10.8. The second kappa shape index (κ2) is 5.30. The summed E-state index contributed by atoms with van der Waals surface area (Å²) < 4.78 is 5.49. The van der Waals surface area contributed by atoms with Gasteiger partial charge < -0.3 is 4.74 Å². The van der Waals surface area contributed by atoms with Crippen LogP contribution in [-0.4, -0.2) is 16.8 Å². The van der Waals surface area contributed by atoms with E-state index in [2.05, 4.69) is 17.1 Å². The van der Waals surface area contributed by atoms with Crippen molar-refractivity contribution in [3.05, 3.63) is 46.8 Å². The van der Waals surface area contributed by atoms with Crippen LogP contribution in [0.25, 0.3) is 11.3 Å². The molecule has 1 N–H and O–H groups in total. The predicted octanol–water partition coefficient (Wildman–Crippen LogP) is 2.23. The quantitative estimate of drug-likeness (QED) is 0.876. The van der Waals surface area contributed by atoms with Gasteiger partial charge in [0.25, 0.3) is 5.56 Å². The van der Waals surface area contributed by atoms with Crippen molar-refractivity contribution in [1.29, 1.82) is 0 Å². The van der Waals surface area contributed by atoms with Gasteiger partial charge in [-0.25, -0.2) is 5.10 Å². The lowest BCUT2D eigenvalue weighted by molar-refractivity contribution is 0.317. The molecule has 1 heterocycles. The van der Waals surface area contributed by atoms with Crippen LogP contribution in [0.2, 0.25) is 0 Å². The molecular weight excluding hydrogens is 216 g/mol. The fraction of sp³-hybridized carbons (Fsp3) is 0.231. The first-order valence-electron chi connectivity index (χ1n) is 5.58. The minimum atomic E-state index is -0.198. The Balaban J connectivity index is 2.17. The number of hydrogen-bond donors (Lipinski definition) is 1. The van der Waals surface area contributed by atoms with Crippen molar-refractivity contribution in [3.63, 3.8) is 0 Å². The van der Waals surface area contributed by atoms with Crippen molar-refractivity contribution in [2.24, 2.45) is 0 Å². The SMILES string of the molecule is CCCOc1ccc(-c2ccc(=O)[nH]n2)cc1. The van der Waals surface area contributed by atoms with E-state index in [1.165, 1.54) is 6.07 Å². The fourth-order valence-corrected chi connectivity index (χ4v) is 1.45. The molecule has 0 bridgehead atoms. The average Bonchev–Trinajstić information content (AvgIpc) is 2.38. The average molecular weight is 230 g/mol. The molecule has 0 saturated carbocycles. The molecule has 1 aromatic heterocycles. The summed E-state index contributed by atoms with van der Waals surface area (Å²) in [4.78, 5) is 10.9. The molecule has 17 heavy (non-hydrogen) atoms. The van der Waals surface area contributed by atoms with Gasteiger partial charge in [-0.15, -0.1) is 0 Å². The third-order valence-corrected chi connectivity index (χ3v) is 2.30. The van der Waals surface area contributed by atoms with Gasteiger partial charge >= 0.3 is 0 Å². The fourth-order valence-electron chi connectivity index (χ4n) is 1.45. The molecule has 0 fully saturated rings. The lowest BCUT2D eigenvalue weighted by atomic mass is 10.1. The number of nitrogens with one attached hydrogen (secondary N) is 1. The van der Waals surface area contributed by atoms with E-state index in [1.807, 2.05) is 24.3 Å². The molecule has 0 aliphatic rings. The minimum Gasteiger partial charge on any atom is -0.494 e. The van der Waals surface area contributed by atoms with Crippen LogP contribution in [0, 0.1) is 0 Å². The number of aromatic nitrogens is 2. The van der Waals surface area contributed by atoms with E-state index in [0.717, 1.165) is 30.0 Å². The first-order valence-corrected chi connectivity index (χ1v) is 5.58. The van der Waals surface area contributed by atoms with Gasteiger partial charge in [-0.1, -0.05) is 6.92 Å². The van der Waals surface area contributed by atoms with Crippen LogP contribution in [-0.2, 0) is 0 Å². The van der Waals surface area contributed by atoms with Crippen LogP contribution in [0.4, 0.5) is 0 Å². The van der Waals surface area contributed by atoms with E-state index in [0.29, 0.717) is 0 Å². The molecule has 2 aromatic rings. The van der Waals surface area contributed by atoms with Crippen LogP contribution < -0.4 is 10.3 Å². The topological polar surface area (TPSA) is 55.0 Å². The molecule has 0 saturated heterocycles. The number of aromatic amines is 1. The Bertz CT molecular complexity index is 511. The van der Waals surface area contributed by atoms with Crippen molar-refractivity contribution < 1.29 is 4.74 Å². The highest BCUT2D eigenvalue weighted by Crippen LogP contribution is 2.19. The van der Waals surface area contributed by atoms with Gasteiger partial charge in [0, 0.05) is 11.6 Å². The van der Waals surface area contributed by atoms with Gasteiger partial charge in [-0.3, -0.25) is 4.79 Å². The first-order chi connectivity index (χ1) is 8.29. The third kappa shape index (κ3) is 2.93. The summed E-state index contributed by atoms with van der Waals surface area (Å²) in [6.45, 7) is 2.79. The summed E-state index contributed by atoms with van der Waals surface area (Å²) in [5.74, 6) is 0.847. The van der Waals surface area contributed by atoms with Crippen LogP contribution >= 0.6 is 0 Å². The van der Waals surface area contributed by atoms with Crippen molar-refractivity contribution in [1.82, 2.24) is 10.2 Å². The number of benzene rings is 1. The zero-order valence-corrected chi connectivity index (χ0v) is 9.64. The summed E-state index contributed by atoms with van der Waals surface area (Å²) in [6.07, 6.45) is 0.989. The highest BCUT2D eigenvalue weighted by atomic mass is 16.5. The highest BCUT2D eigenvalue weighted by Gasteiger charge is 1.99. The zero-order chi connectivity index (χ0) is 12.1. The van der Waals surface area contributed by atoms with Gasteiger partial charge in [0.2, 0.25) is 0 Å². The first kappa shape index (κ1) is 11.4. The molecule has 0 atom stereocenters. The molecule has 0 radical (unpaired) electrons. The Morgan fingerprint density at radius 2 is 1.94 bits per heavy atom. The summed E-state index contributed by atoms with van der Waals surface area (Å²) >= 11 is 0. The maximum Gasteiger partial charge on any atom is 0.264 e. The van der Waals surface area contributed by atoms with E-state index in [1.54, 1.807) is 6.07 Å². The Hall–Kier alpha value is -2.10. The standard InChI is InChI=1S/C13H14N2O2/c1-2-9-17-11-5-3-10(4-6-11)12-7-8-13(16)15-14-12/h3-8H,2,9H2,1H3,(H,15,16). The second-order valence-corrected chi connectivity index (χ2v) is 3.68. The van der Waals surface area contributed by atoms with Gasteiger partial charge in [0.05, 0.1) is 12.3 Å². The molecule has 88 valence electrons. The number of rotatable bonds is 4. The lowest BCUT2D eigenvalue weighted by Crippen LogP contribution is -2.05. The van der Waals surface area contributed by atoms with Gasteiger partial charge in [-0.05, 0) is 36.8 Å². The van der Waals surface area contributed by atoms with Crippen molar-refractivity contribution in [2.45, 2.75) is 13.3 Å². The Morgan fingerprint density at radius 3 is 2.53 bits per heavy atom. The van der Waals surface area contributed by atoms with Crippen LogP contribution in [0.5, 0.6) is 5.75 Å². The smallest absolute Gasteiger partial charge is 0.264 e. The largest absolute Gasteiger partial charge is 0.494 e. The van der Waals surface area contributed by atoms with Gasteiger partial charge in [0.1, 0.15) is 5.75 Å². The van der Waals surface area contributed by atoms with E-state index in [4.69, 9.17) is 4.74 Å². The Morgan fingerprint density at radius 1 is 1.18 bits per heavy atom. The third-order valence-electron chi connectivity index (χ3n) is 2.30.